The number of rotatable bonds is 3. The van der Waals surface area contributed by atoms with Gasteiger partial charge in [0.15, 0.2) is 5.78 Å². The fourth-order valence-corrected chi connectivity index (χ4v) is 1.47. The fourth-order valence-electron chi connectivity index (χ4n) is 1.24. The number of aryl methyl sites for hydroxylation is 1. The van der Waals surface area contributed by atoms with Crippen molar-refractivity contribution in [1.29, 1.82) is 0 Å². The lowest BCUT2D eigenvalue weighted by atomic mass is 10.0. The molecule has 3 heteroatoms. The average Bonchev–Trinajstić information content (AvgIpc) is 2.17. The maximum Gasteiger partial charge on any atom is 0.152 e. The van der Waals surface area contributed by atoms with E-state index >= 15 is 0 Å². The zero-order valence-corrected chi connectivity index (χ0v) is 9.26. The number of halogens is 1. The van der Waals surface area contributed by atoms with Crippen LogP contribution in [0.25, 0.3) is 0 Å². The molecule has 0 aliphatic heterocycles. The number of hydrogen-bond acceptors (Lipinski definition) is 2. The van der Waals surface area contributed by atoms with E-state index in [2.05, 4.69) is 0 Å². The summed E-state index contributed by atoms with van der Waals surface area (Å²) in [6.45, 7) is 3.41. The molecule has 0 saturated carbocycles. The van der Waals surface area contributed by atoms with E-state index in [0.717, 1.165) is 16.9 Å². The number of ether oxygens (including phenoxy) is 1. The number of carbonyl (C=O) groups excluding carboxylic acids is 1. The van der Waals surface area contributed by atoms with Gasteiger partial charge in [-0.2, -0.15) is 0 Å². The van der Waals surface area contributed by atoms with Crippen molar-refractivity contribution in [3.63, 3.8) is 0 Å². The van der Waals surface area contributed by atoms with Gasteiger partial charge in [-0.25, -0.2) is 0 Å². The molecule has 0 bridgehead atoms. The van der Waals surface area contributed by atoms with Crippen LogP contribution in [0.3, 0.4) is 0 Å². The average molecular weight is 213 g/mol. The highest BCUT2D eigenvalue weighted by Gasteiger charge is 2.15. The van der Waals surface area contributed by atoms with Crippen LogP contribution < -0.4 is 4.74 Å². The summed E-state index contributed by atoms with van der Waals surface area (Å²) in [6, 6.07) is 5.55. The van der Waals surface area contributed by atoms with E-state index in [1.54, 1.807) is 13.2 Å². The first-order valence-corrected chi connectivity index (χ1v) is 4.79. The van der Waals surface area contributed by atoms with Crippen molar-refractivity contribution in [2.45, 2.75) is 19.2 Å². The van der Waals surface area contributed by atoms with Gasteiger partial charge >= 0.3 is 0 Å². The second kappa shape index (κ2) is 4.47. The molecular weight excluding hydrogens is 200 g/mol. The number of benzene rings is 1. The summed E-state index contributed by atoms with van der Waals surface area (Å²) < 4.78 is 5.07. The molecule has 0 aliphatic rings. The minimum Gasteiger partial charge on any atom is -0.497 e. The van der Waals surface area contributed by atoms with Gasteiger partial charge in [0.2, 0.25) is 0 Å². The van der Waals surface area contributed by atoms with Gasteiger partial charge in [0, 0.05) is 0 Å². The summed E-state index contributed by atoms with van der Waals surface area (Å²) in [5, 5.41) is -0.579. The van der Waals surface area contributed by atoms with E-state index in [-0.39, 0.29) is 5.78 Å². The summed E-state index contributed by atoms with van der Waals surface area (Å²) in [6.07, 6.45) is 0. The molecule has 1 rings (SSSR count). The number of methoxy groups -OCH3 is 1. The summed E-state index contributed by atoms with van der Waals surface area (Å²) in [4.78, 5) is 11.1. The second-order valence-corrected chi connectivity index (χ2v) is 3.63. The second-order valence-electron chi connectivity index (χ2n) is 3.20. The quantitative estimate of drug-likeness (QED) is 0.721. The molecule has 0 N–H and O–H groups in total. The van der Waals surface area contributed by atoms with Gasteiger partial charge in [0.25, 0.3) is 0 Å². The molecule has 0 heterocycles. The van der Waals surface area contributed by atoms with Crippen LogP contribution in [0.4, 0.5) is 0 Å². The van der Waals surface area contributed by atoms with Crippen LogP contribution in [0.2, 0.25) is 0 Å². The Balaban J connectivity index is 3.11. The molecule has 0 saturated heterocycles. The summed E-state index contributed by atoms with van der Waals surface area (Å²) >= 11 is 5.97. The van der Waals surface area contributed by atoms with Crippen LogP contribution in [-0.2, 0) is 4.79 Å². The molecule has 14 heavy (non-hydrogen) atoms. The molecule has 0 aliphatic carbocycles. The molecule has 1 unspecified atom stereocenters. The lowest BCUT2D eigenvalue weighted by Gasteiger charge is -2.11. The number of Topliss-reactive ketones (excluding diaryl/α,β-unsaturated/α-hetero) is 1. The van der Waals surface area contributed by atoms with Gasteiger partial charge in [-0.3, -0.25) is 4.79 Å². The van der Waals surface area contributed by atoms with Crippen molar-refractivity contribution in [3.05, 3.63) is 29.3 Å². The van der Waals surface area contributed by atoms with Gasteiger partial charge in [0.05, 0.1) is 7.11 Å². The van der Waals surface area contributed by atoms with E-state index in [1.807, 2.05) is 19.1 Å². The maximum atomic E-state index is 11.1. The maximum absolute atomic E-state index is 11.1. The van der Waals surface area contributed by atoms with Gasteiger partial charge in [-0.15, -0.1) is 11.6 Å². The van der Waals surface area contributed by atoms with E-state index < -0.39 is 5.38 Å². The Morgan fingerprint density at radius 3 is 2.64 bits per heavy atom. The van der Waals surface area contributed by atoms with Gasteiger partial charge in [0.1, 0.15) is 11.1 Å². The fraction of sp³-hybridized carbons (Fsp3) is 0.364. The first kappa shape index (κ1) is 11.1. The minimum atomic E-state index is -0.579. The Kier molecular flexibility index (Phi) is 3.53. The first-order chi connectivity index (χ1) is 6.56. The molecule has 0 fully saturated rings. The van der Waals surface area contributed by atoms with E-state index in [4.69, 9.17) is 16.3 Å². The third kappa shape index (κ3) is 2.26. The van der Waals surface area contributed by atoms with Crippen LogP contribution in [0.15, 0.2) is 18.2 Å². The van der Waals surface area contributed by atoms with E-state index in [1.165, 1.54) is 6.92 Å². The Morgan fingerprint density at radius 2 is 2.14 bits per heavy atom. The van der Waals surface area contributed by atoms with Crippen LogP contribution >= 0.6 is 11.6 Å². The molecule has 0 spiro atoms. The van der Waals surface area contributed by atoms with Crippen LogP contribution in [0.5, 0.6) is 5.75 Å². The van der Waals surface area contributed by atoms with E-state index in [9.17, 15) is 4.79 Å². The van der Waals surface area contributed by atoms with Crippen molar-refractivity contribution >= 4 is 17.4 Å². The standard InChI is InChI=1S/C11H13ClO2/c1-7-4-5-9(14-3)6-10(7)11(12)8(2)13/h4-6,11H,1-3H3. The number of carbonyl (C=O) groups is 1. The van der Waals surface area contributed by atoms with Crippen molar-refractivity contribution < 1.29 is 9.53 Å². The first-order valence-electron chi connectivity index (χ1n) is 4.35. The normalized spacial score (nSPS) is 12.3. The zero-order chi connectivity index (χ0) is 10.7. The molecule has 0 amide bonds. The summed E-state index contributed by atoms with van der Waals surface area (Å²) in [5.41, 5.74) is 1.82. The summed E-state index contributed by atoms with van der Waals surface area (Å²) in [7, 11) is 1.59. The Labute approximate surface area is 88.8 Å². The zero-order valence-electron chi connectivity index (χ0n) is 8.50. The van der Waals surface area contributed by atoms with Gasteiger partial charge in [-0.05, 0) is 37.1 Å². The lowest BCUT2D eigenvalue weighted by Crippen LogP contribution is -2.03. The van der Waals surface area contributed by atoms with E-state index in [0.29, 0.717) is 0 Å². The number of hydrogen-bond donors (Lipinski definition) is 0. The third-order valence-corrected chi connectivity index (χ3v) is 2.66. The molecule has 1 atom stereocenters. The third-order valence-electron chi connectivity index (χ3n) is 2.12. The van der Waals surface area contributed by atoms with Crippen LogP contribution in [0.1, 0.15) is 23.4 Å². The largest absolute Gasteiger partial charge is 0.497 e. The molecule has 0 aromatic heterocycles. The molecule has 2 nitrogen and oxygen atoms in total. The molecular formula is C11H13ClO2. The number of alkyl halides is 1. The molecule has 76 valence electrons. The van der Waals surface area contributed by atoms with Gasteiger partial charge in [-0.1, -0.05) is 6.07 Å². The topological polar surface area (TPSA) is 26.3 Å². The van der Waals surface area contributed by atoms with Crippen LogP contribution in [-0.4, -0.2) is 12.9 Å². The lowest BCUT2D eigenvalue weighted by molar-refractivity contribution is -0.116. The molecule has 1 aromatic rings. The molecule has 1 aromatic carbocycles. The van der Waals surface area contributed by atoms with Crippen molar-refractivity contribution in [3.8, 4) is 5.75 Å². The predicted octanol–water partition coefficient (Wildman–Crippen LogP) is 2.87. The SMILES string of the molecule is COc1ccc(C)c(C(Cl)C(C)=O)c1. The Bertz CT molecular complexity index is 347. The number of ketones is 1. The van der Waals surface area contributed by atoms with Gasteiger partial charge < -0.3 is 4.74 Å². The highest BCUT2D eigenvalue weighted by Crippen LogP contribution is 2.28. The van der Waals surface area contributed by atoms with Crippen molar-refractivity contribution in [2.75, 3.05) is 7.11 Å². The monoisotopic (exact) mass is 212 g/mol. The highest BCUT2D eigenvalue weighted by atomic mass is 35.5. The molecule has 0 radical (unpaired) electrons. The summed E-state index contributed by atoms with van der Waals surface area (Å²) in [5.74, 6) is 0.667. The van der Waals surface area contributed by atoms with Crippen molar-refractivity contribution in [1.82, 2.24) is 0 Å². The predicted molar refractivity (Wildman–Crippen MR) is 57.0 cm³/mol. The Morgan fingerprint density at radius 1 is 1.50 bits per heavy atom. The van der Waals surface area contributed by atoms with Crippen molar-refractivity contribution in [2.24, 2.45) is 0 Å². The Hall–Kier alpha value is -1.02. The smallest absolute Gasteiger partial charge is 0.152 e. The highest BCUT2D eigenvalue weighted by molar-refractivity contribution is 6.30. The van der Waals surface area contributed by atoms with Crippen LogP contribution in [0, 0.1) is 6.92 Å². The minimum absolute atomic E-state index is 0.0528.